The Labute approximate surface area is 145 Å². The second-order valence-corrected chi connectivity index (χ2v) is 7.06. The average Bonchev–Trinajstić information content (AvgIpc) is 2.92. The van der Waals surface area contributed by atoms with E-state index in [0.29, 0.717) is 10.7 Å². The van der Waals surface area contributed by atoms with Crippen molar-refractivity contribution in [2.24, 2.45) is 0 Å². The Hall–Kier alpha value is -1.43. The number of aromatic amines is 1. The number of carbonyl (C=O) groups is 1. The standard InChI is InChI=1S/C16H11BrClNO2S/c1-21-16(20)14-8-12-13(19-14)6-10(18)7-15(12)22-11-4-2-9(17)3-5-11/h2-8,19H,1H3. The maximum Gasteiger partial charge on any atom is 0.354 e. The molecule has 1 N–H and O–H groups in total. The second kappa shape index (κ2) is 6.36. The van der Waals surface area contributed by atoms with Gasteiger partial charge >= 0.3 is 5.97 Å². The molecule has 1 heterocycles. The van der Waals surface area contributed by atoms with E-state index in [-0.39, 0.29) is 0 Å². The largest absolute Gasteiger partial charge is 0.464 e. The average molecular weight is 397 g/mol. The number of esters is 1. The Kier molecular flexibility index (Phi) is 4.47. The Morgan fingerprint density at radius 1 is 1.23 bits per heavy atom. The van der Waals surface area contributed by atoms with Crippen LogP contribution in [0.25, 0.3) is 10.9 Å². The fourth-order valence-electron chi connectivity index (χ4n) is 2.10. The molecule has 0 aliphatic heterocycles. The third-order valence-corrected chi connectivity index (χ3v) is 4.92. The molecule has 0 spiro atoms. The Morgan fingerprint density at radius 2 is 1.95 bits per heavy atom. The lowest BCUT2D eigenvalue weighted by Gasteiger charge is -2.04. The molecule has 22 heavy (non-hydrogen) atoms. The van der Waals surface area contributed by atoms with Crippen LogP contribution < -0.4 is 0 Å². The molecule has 3 aromatic rings. The van der Waals surface area contributed by atoms with Crippen LogP contribution >= 0.6 is 39.3 Å². The molecule has 1 aromatic heterocycles. The van der Waals surface area contributed by atoms with Gasteiger partial charge in [-0.05, 0) is 42.5 Å². The van der Waals surface area contributed by atoms with E-state index in [1.54, 1.807) is 23.9 Å². The lowest BCUT2D eigenvalue weighted by atomic mass is 10.2. The first-order chi connectivity index (χ1) is 10.6. The summed E-state index contributed by atoms with van der Waals surface area (Å²) in [5.41, 5.74) is 1.23. The highest BCUT2D eigenvalue weighted by Gasteiger charge is 2.13. The van der Waals surface area contributed by atoms with Gasteiger partial charge in [-0.3, -0.25) is 0 Å². The van der Waals surface area contributed by atoms with E-state index in [9.17, 15) is 4.79 Å². The summed E-state index contributed by atoms with van der Waals surface area (Å²) in [4.78, 5) is 16.8. The minimum absolute atomic E-state index is 0.396. The van der Waals surface area contributed by atoms with E-state index in [4.69, 9.17) is 16.3 Å². The monoisotopic (exact) mass is 395 g/mol. The molecule has 0 fully saturated rings. The lowest BCUT2D eigenvalue weighted by Crippen LogP contribution is -2.00. The van der Waals surface area contributed by atoms with Crippen molar-refractivity contribution in [3.63, 3.8) is 0 Å². The molecule has 0 saturated carbocycles. The summed E-state index contributed by atoms with van der Waals surface area (Å²) in [5, 5.41) is 1.56. The molecular formula is C16H11BrClNO2S. The number of methoxy groups -OCH3 is 1. The first kappa shape index (κ1) is 15.5. The predicted octanol–water partition coefficient (Wildman–Crippen LogP) is 5.52. The second-order valence-electron chi connectivity index (χ2n) is 4.60. The van der Waals surface area contributed by atoms with Crippen molar-refractivity contribution in [3.05, 3.63) is 57.7 Å². The SMILES string of the molecule is COC(=O)c1cc2c(Sc3ccc(Br)cc3)cc(Cl)cc2[nH]1. The highest BCUT2D eigenvalue weighted by atomic mass is 79.9. The number of aromatic nitrogens is 1. The molecule has 112 valence electrons. The number of ether oxygens (including phenoxy) is 1. The summed E-state index contributed by atoms with van der Waals surface area (Å²) >= 11 is 11.2. The molecule has 0 aliphatic rings. The van der Waals surface area contributed by atoms with Gasteiger partial charge in [0.15, 0.2) is 0 Å². The van der Waals surface area contributed by atoms with Crippen molar-refractivity contribution < 1.29 is 9.53 Å². The molecule has 0 bridgehead atoms. The van der Waals surface area contributed by atoms with E-state index in [1.165, 1.54) is 7.11 Å². The van der Waals surface area contributed by atoms with Gasteiger partial charge in [0, 0.05) is 30.2 Å². The van der Waals surface area contributed by atoms with Crippen LogP contribution in [0.3, 0.4) is 0 Å². The number of halogens is 2. The molecule has 0 atom stereocenters. The van der Waals surface area contributed by atoms with Crippen molar-refractivity contribution >= 4 is 56.2 Å². The van der Waals surface area contributed by atoms with Gasteiger partial charge in [-0.15, -0.1) is 0 Å². The molecule has 2 aromatic carbocycles. The highest BCUT2D eigenvalue weighted by Crippen LogP contribution is 2.36. The summed E-state index contributed by atoms with van der Waals surface area (Å²) in [6.07, 6.45) is 0. The molecule has 0 saturated heterocycles. The fourth-order valence-corrected chi connectivity index (χ4v) is 3.64. The van der Waals surface area contributed by atoms with Gasteiger partial charge in [0.25, 0.3) is 0 Å². The summed E-state index contributed by atoms with van der Waals surface area (Å²) in [6, 6.07) is 13.5. The molecule has 3 nitrogen and oxygen atoms in total. The van der Waals surface area contributed by atoms with Gasteiger partial charge in [-0.25, -0.2) is 4.79 Å². The van der Waals surface area contributed by atoms with Crippen LogP contribution in [0.15, 0.2) is 56.7 Å². The Balaban J connectivity index is 2.05. The van der Waals surface area contributed by atoms with Gasteiger partial charge in [-0.1, -0.05) is 39.3 Å². The number of hydrogen-bond donors (Lipinski definition) is 1. The smallest absolute Gasteiger partial charge is 0.354 e. The molecular weight excluding hydrogens is 386 g/mol. The van der Waals surface area contributed by atoms with Crippen LogP contribution in [-0.2, 0) is 4.74 Å². The van der Waals surface area contributed by atoms with Gasteiger partial charge in [-0.2, -0.15) is 0 Å². The van der Waals surface area contributed by atoms with E-state index in [0.717, 1.165) is 25.2 Å². The van der Waals surface area contributed by atoms with Crippen LogP contribution in [0.5, 0.6) is 0 Å². The lowest BCUT2D eigenvalue weighted by molar-refractivity contribution is 0.0595. The third kappa shape index (κ3) is 3.16. The fraction of sp³-hybridized carbons (Fsp3) is 0.0625. The summed E-state index contributed by atoms with van der Waals surface area (Å²) < 4.78 is 5.78. The van der Waals surface area contributed by atoms with E-state index < -0.39 is 5.97 Å². The van der Waals surface area contributed by atoms with Crippen LogP contribution in [0.1, 0.15) is 10.5 Å². The molecule has 0 unspecified atom stereocenters. The van der Waals surface area contributed by atoms with E-state index in [1.807, 2.05) is 30.3 Å². The summed E-state index contributed by atoms with van der Waals surface area (Å²) in [6.45, 7) is 0. The van der Waals surface area contributed by atoms with Crippen molar-refractivity contribution in [2.45, 2.75) is 9.79 Å². The molecule has 6 heteroatoms. The van der Waals surface area contributed by atoms with Crippen LogP contribution in [0.4, 0.5) is 0 Å². The first-order valence-electron chi connectivity index (χ1n) is 6.41. The summed E-state index contributed by atoms with van der Waals surface area (Å²) in [7, 11) is 1.36. The number of carbonyl (C=O) groups excluding carboxylic acids is 1. The van der Waals surface area contributed by atoms with E-state index in [2.05, 4.69) is 20.9 Å². The number of H-pyrrole nitrogens is 1. The molecule has 0 amide bonds. The topological polar surface area (TPSA) is 42.1 Å². The number of benzene rings is 2. The number of rotatable bonds is 3. The zero-order valence-corrected chi connectivity index (χ0v) is 14.7. The van der Waals surface area contributed by atoms with E-state index >= 15 is 0 Å². The minimum Gasteiger partial charge on any atom is -0.464 e. The first-order valence-corrected chi connectivity index (χ1v) is 8.39. The maximum atomic E-state index is 11.7. The number of hydrogen-bond acceptors (Lipinski definition) is 3. The molecule has 3 rings (SSSR count). The van der Waals surface area contributed by atoms with Crippen molar-refractivity contribution in [3.8, 4) is 0 Å². The van der Waals surface area contributed by atoms with Gasteiger partial charge in [0.1, 0.15) is 5.69 Å². The van der Waals surface area contributed by atoms with Crippen LogP contribution in [0, 0.1) is 0 Å². The molecule has 0 radical (unpaired) electrons. The minimum atomic E-state index is -0.396. The zero-order chi connectivity index (χ0) is 15.7. The highest BCUT2D eigenvalue weighted by molar-refractivity contribution is 9.10. The Morgan fingerprint density at radius 3 is 2.64 bits per heavy atom. The van der Waals surface area contributed by atoms with Crippen molar-refractivity contribution in [1.29, 1.82) is 0 Å². The van der Waals surface area contributed by atoms with Gasteiger partial charge in [0.2, 0.25) is 0 Å². The predicted molar refractivity (Wildman–Crippen MR) is 92.9 cm³/mol. The van der Waals surface area contributed by atoms with Crippen molar-refractivity contribution in [2.75, 3.05) is 7.11 Å². The third-order valence-electron chi connectivity index (χ3n) is 3.11. The van der Waals surface area contributed by atoms with Gasteiger partial charge in [0.05, 0.1) is 7.11 Å². The number of fused-ring (bicyclic) bond motifs is 1. The van der Waals surface area contributed by atoms with Crippen molar-refractivity contribution in [1.82, 2.24) is 4.98 Å². The Bertz CT molecular complexity index is 845. The zero-order valence-electron chi connectivity index (χ0n) is 11.5. The summed E-state index contributed by atoms with van der Waals surface area (Å²) in [5.74, 6) is -0.396. The maximum absolute atomic E-state index is 11.7. The number of nitrogens with one attached hydrogen (secondary N) is 1. The quantitative estimate of drug-likeness (QED) is 0.593. The van der Waals surface area contributed by atoms with Gasteiger partial charge < -0.3 is 9.72 Å². The van der Waals surface area contributed by atoms with Crippen LogP contribution in [-0.4, -0.2) is 18.1 Å². The normalized spacial score (nSPS) is 10.9. The van der Waals surface area contributed by atoms with Crippen LogP contribution in [0.2, 0.25) is 5.02 Å². The molecule has 0 aliphatic carbocycles.